The number of esters is 1. The second kappa shape index (κ2) is 7.32. The molecule has 0 aliphatic heterocycles. The molecule has 4 nitrogen and oxygen atoms in total. The van der Waals surface area contributed by atoms with Gasteiger partial charge in [0.05, 0.1) is 12.7 Å². The van der Waals surface area contributed by atoms with Crippen LogP contribution in [-0.2, 0) is 17.7 Å². The second-order valence-corrected chi connectivity index (χ2v) is 5.86. The molecule has 2 aromatic carbocycles. The third kappa shape index (κ3) is 3.66. The minimum atomic E-state index is -0.331. The summed E-state index contributed by atoms with van der Waals surface area (Å²) in [5.41, 5.74) is 2.56. The first kappa shape index (κ1) is 16.3. The lowest BCUT2D eigenvalue weighted by Crippen LogP contribution is -2.10. The molecule has 0 aliphatic rings. The third-order valence-electron chi connectivity index (χ3n) is 3.82. The fourth-order valence-electron chi connectivity index (χ4n) is 2.63. The quantitative estimate of drug-likeness (QED) is 0.660. The summed E-state index contributed by atoms with van der Waals surface area (Å²) in [4.78, 5) is 16.4. The second-order valence-electron chi connectivity index (χ2n) is 5.43. The van der Waals surface area contributed by atoms with Crippen LogP contribution in [0.5, 0.6) is 0 Å². The van der Waals surface area contributed by atoms with E-state index in [4.69, 9.17) is 16.3 Å². The molecule has 122 valence electrons. The van der Waals surface area contributed by atoms with Crippen LogP contribution >= 0.6 is 11.6 Å². The largest absolute Gasteiger partial charge is 0.465 e. The summed E-state index contributed by atoms with van der Waals surface area (Å²) in [5, 5.41) is 0.710. The normalized spacial score (nSPS) is 10.6. The van der Waals surface area contributed by atoms with Crippen LogP contribution in [0.4, 0.5) is 0 Å². The van der Waals surface area contributed by atoms with Gasteiger partial charge >= 0.3 is 5.97 Å². The molecule has 0 amide bonds. The maximum absolute atomic E-state index is 11.9. The van der Waals surface area contributed by atoms with Crippen molar-refractivity contribution in [1.82, 2.24) is 9.55 Å². The van der Waals surface area contributed by atoms with Gasteiger partial charge in [0.2, 0.25) is 0 Å². The molecule has 0 bridgehead atoms. The molecule has 0 radical (unpaired) electrons. The van der Waals surface area contributed by atoms with E-state index in [1.165, 1.54) is 7.11 Å². The van der Waals surface area contributed by atoms with E-state index >= 15 is 0 Å². The highest BCUT2D eigenvalue weighted by atomic mass is 35.5. The SMILES string of the molecule is COC(=O)c1ccccc1Cn1ccnc1Cc1cccc(Cl)c1. The van der Waals surface area contributed by atoms with Crippen molar-refractivity contribution in [3.05, 3.63) is 88.5 Å². The van der Waals surface area contributed by atoms with Crippen molar-refractivity contribution in [2.45, 2.75) is 13.0 Å². The highest BCUT2D eigenvalue weighted by Gasteiger charge is 2.13. The van der Waals surface area contributed by atoms with Crippen LogP contribution in [-0.4, -0.2) is 22.6 Å². The van der Waals surface area contributed by atoms with Crippen molar-refractivity contribution in [2.24, 2.45) is 0 Å². The monoisotopic (exact) mass is 340 g/mol. The Kier molecular flexibility index (Phi) is 4.96. The molecule has 0 atom stereocenters. The standard InChI is InChI=1S/C19H17ClN2O2/c1-24-19(23)17-8-3-2-6-15(17)13-22-10-9-21-18(22)12-14-5-4-7-16(20)11-14/h2-11H,12-13H2,1H3. The molecule has 24 heavy (non-hydrogen) atoms. The smallest absolute Gasteiger partial charge is 0.338 e. The van der Waals surface area contributed by atoms with Gasteiger partial charge in [-0.2, -0.15) is 0 Å². The van der Waals surface area contributed by atoms with Gasteiger partial charge in [0.1, 0.15) is 5.82 Å². The zero-order valence-electron chi connectivity index (χ0n) is 13.3. The molecule has 1 heterocycles. The van der Waals surface area contributed by atoms with E-state index in [0.29, 0.717) is 23.6 Å². The Morgan fingerprint density at radius 2 is 2.04 bits per heavy atom. The zero-order chi connectivity index (χ0) is 16.9. The number of aromatic nitrogens is 2. The lowest BCUT2D eigenvalue weighted by Gasteiger charge is -2.11. The molecule has 0 aliphatic carbocycles. The number of halogens is 1. The van der Waals surface area contributed by atoms with Gasteiger partial charge in [-0.1, -0.05) is 41.9 Å². The van der Waals surface area contributed by atoms with Crippen molar-refractivity contribution < 1.29 is 9.53 Å². The minimum absolute atomic E-state index is 0.331. The summed E-state index contributed by atoms with van der Waals surface area (Å²) >= 11 is 6.05. The van der Waals surface area contributed by atoms with E-state index in [1.54, 1.807) is 12.3 Å². The molecule has 3 rings (SSSR count). The maximum Gasteiger partial charge on any atom is 0.338 e. The number of methoxy groups -OCH3 is 1. The lowest BCUT2D eigenvalue weighted by molar-refractivity contribution is 0.0599. The molecule has 0 unspecified atom stereocenters. The molecule has 0 spiro atoms. The van der Waals surface area contributed by atoms with E-state index in [1.807, 2.05) is 53.2 Å². The molecule has 1 aromatic heterocycles. The summed E-state index contributed by atoms with van der Waals surface area (Å²) in [6.45, 7) is 0.557. The molecular weight excluding hydrogens is 324 g/mol. The molecule has 3 aromatic rings. The van der Waals surface area contributed by atoms with Crippen molar-refractivity contribution in [3.63, 3.8) is 0 Å². The van der Waals surface area contributed by atoms with Crippen LogP contribution in [0.1, 0.15) is 27.3 Å². The molecular formula is C19H17ClN2O2. The maximum atomic E-state index is 11.9. The summed E-state index contributed by atoms with van der Waals surface area (Å²) in [6.07, 6.45) is 4.35. The number of rotatable bonds is 5. The Morgan fingerprint density at radius 3 is 2.83 bits per heavy atom. The Balaban J connectivity index is 1.85. The van der Waals surface area contributed by atoms with Gasteiger partial charge in [-0.05, 0) is 29.3 Å². The fraction of sp³-hybridized carbons (Fsp3) is 0.158. The number of nitrogens with zero attached hydrogens (tertiary/aromatic N) is 2. The van der Waals surface area contributed by atoms with Gasteiger partial charge in [-0.15, -0.1) is 0 Å². The van der Waals surface area contributed by atoms with Gasteiger partial charge in [0, 0.05) is 30.4 Å². The number of hydrogen-bond acceptors (Lipinski definition) is 3. The Labute approximate surface area is 145 Å². The van der Waals surface area contributed by atoms with Gasteiger partial charge in [0.15, 0.2) is 0 Å². The number of carbonyl (C=O) groups excluding carboxylic acids is 1. The lowest BCUT2D eigenvalue weighted by atomic mass is 10.1. The molecule has 0 saturated carbocycles. The number of hydrogen-bond donors (Lipinski definition) is 0. The predicted molar refractivity (Wildman–Crippen MR) is 93.4 cm³/mol. The average Bonchev–Trinajstić information content (AvgIpc) is 3.01. The summed E-state index contributed by atoms with van der Waals surface area (Å²) < 4.78 is 6.89. The van der Waals surface area contributed by atoms with Gasteiger partial charge in [-0.25, -0.2) is 9.78 Å². The van der Waals surface area contributed by atoms with Crippen molar-refractivity contribution in [2.75, 3.05) is 7.11 Å². The van der Waals surface area contributed by atoms with Crippen LogP contribution in [0.2, 0.25) is 5.02 Å². The van der Waals surface area contributed by atoms with E-state index < -0.39 is 0 Å². The first-order chi connectivity index (χ1) is 11.7. The van der Waals surface area contributed by atoms with Crippen LogP contribution in [0.25, 0.3) is 0 Å². The summed E-state index contributed by atoms with van der Waals surface area (Å²) in [7, 11) is 1.39. The summed E-state index contributed by atoms with van der Waals surface area (Å²) in [5.74, 6) is 0.582. The number of benzene rings is 2. The van der Waals surface area contributed by atoms with E-state index in [-0.39, 0.29) is 5.97 Å². The third-order valence-corrected chi connectivity index (χ3v) is 4.05. The van der Waals surface area contributed by atoms with E-state index in [0.717, 1.165) is 17.0 Å². The minimum Gasteiger partial charge on any atom is -0.465 e. The Morgan fingerprint density at radius 1 is 1.21 bits per heavy atom. The Bertz CT molecular complexity index is 858. The van der Waals surface area contributed by atoms with E-state index in [9.17, 15) is 4.79 Å². The summed E-state index contributed by atoms with van der Waals surface area (Å²) in [6, 6.07) is 15.2. The Hall–Kier alpha value is -2.59. The first-order valence-corrected chi connectivity index (χ1v) is 7.96. The van der Waals surface area contributed by atoms with Crippen molar-refractivity contribution in [3.8, 4) is 0 Å². The molecule has 0 fully saturated rings. The van der Waals surface area contributed by atoms with Gasteiger partial charge in [0.25, 0.3) is 0 Å². The van der Waals surface area contributed by atoms with Crippen LogP contribution in [0, 0.1) is 0 Å². The van der Waals surface area contributed by atoms with Crippen LogP contribution in [0.15, 0.2) is 60.9 Å². The molecule has 0 saturated heterocycles. The first-order valence-electron chi connectivity index (χ1n) is 7.58. The van der Waals surface area contributed by atoms with Gasteiger partial charge in [-0.3, -0.25) is 0 Å². The predicted octanol–water partition coefficient (Wildman–Crippen LogP) is 3.96. The van der Waals surface area contributed by atoms with Crippen molar-refractivity contribution >= 4 is 17.6 Å². The topological polar surface area (TPSA) is 44.1 Å². The average molecular weight is 341 g/mol. The highest BCUT2D eigenvalue weighted by Crippen LogP contribution is 2.17. The fourth-order valence-corrected chi connectivity index (χ4v) is 2.84. The van der Waals surface area contributed by atoms with Crippen molar-refractivity contribution in [1.29, 1.82) is 0 Å². The highest BCUT2D eigenvalue weighted by molar-refractivity contribution is 6.30. The zero-order valence-corrected chi connectivity index (χ0v) is 14.0. The molecule has 0 N–H and O–H groups in total. The van der Waals surface area contributed by atoms with Gasteiger partial charge < -0.3 is 9.30 Å². The van der Waals surface area contributed by atoms with Crippen LogP contribution < -0.4 is 0 Å². The number of ether oxygens (including phenoxy) is 1. The molecule has 5 heteroatoms. The number of carbonyl (C=O) groups is 1. The van der Waals surface area contributed by atoms with Crippen LogP contribution in [0.3, 0.4) is 0 Å². The van der Waals surface area contributed by atoms with E-state index in [2.05, 4.69) is 4.98 Å². The number of imidazole rings is 1.